The Morgan fingerprint density at radius 1 is 1.07 bits per heavy atom. The Morgan fingerprint density at radius 3 is 2.36 bits per heavy atom. The summed E-state index contributed by atoms with van der Waals surface area (Å²) in [6.07, 6.45) is 4.03. The number of nitrogens with one attached hydrogen (secondary N) is 1. The fourth-order valence-electron chi connectivity index (χ4n) is 2.16. The van der Waals surface area contributed by atoms with Crippen molar-refractivity contribution in [3.05, 3.63) is 0 Å². The van der Waals surface area contributed by atoms with E-state index in [1.807, 2.05) is 0 Å². The molecule has 4 heteroatoms. The molecule has 1 aliphatic carbocycles. The highest BCUT2D eigenvalue weighted by atomic mass is 16.5. The first-order valence-corrected chi connectivity index (χ1v) is 5.61. The van der Waals surface area contributed by atoms with E-state index < -0.39 is 0 Å². The van der Waals surface area contributed by atoms with Gasteiger partial charge in [0.15, 0.2) is 0 Å². The molecule has 0 aromatic heterocycles. The molecule has 0 amide bonds. The third kappa shape index (κ3) is 2.92. The van der Waals surface area contributed by atoms with Gasteiger partial charge < -0.3 is 9.84 Å². The number of hydrogen-bond donors (Lipinski definition) is 2. The Labute approximate surface area is 85.2 Å². The lowest BCUT2D eigenvalue weighted by molar-refractivity contribution is -0.00480. The smallest absolute Gasteiger partial charge is 0.0608 e. The number of hydrazine groups is 1. The lowest BCUT2D eigenvalue weighted by Crippen LogP contribution is -2.51. The number of nitrogens with zero attached hydrogens (tertiary/aromatic N) is 1. The van der Waals surface area contributed by atoms with Crippen molar-refractivity contribution in [2.75, 3.05) is 26.3 Å². The Morgan fingerprint density at radius 2 is 1.71 bits per heavy atom. The Balaban J connectivity index is 1.68. The molecule has 0 radical (unpaired) electrons. The van der Waals surface area contributed by atoms with E-state index in [0.29, 0.717) is 6.04 Å². The first-order valence-electron chi connectivity index (χ1n) is 5.61. The van der Waals surface area contributed by atoms with Crippen molar-refractivity contribution in [3.8, 4) is 0 Å². The summed E-state index contributed by atoms with van der Waals surface area (Å²) in [7, 11) is 0. The molecule has 2 fully saturated rings. The van der Waals surface area contributed by atoms with Gasteiger partial charge in [0.05, 0.1) is 19.3 Å². The van der Waals surface area contributed by atoms with Crippen molar-refractivity contribution in [2.24, 2.45) is 0 Å². The van der Waals surface area contributed by atoms with E-state index in [9.17, 15) is 5.11 Å². The van der Waals surface area contributed by atoms with Gasteiger partial charge in [0.1, 0.15) is 0 Å². The number of morpholine rings is 1. The van der Waals surface area contributed by atoms with Crippen LogP contribution in [0.5, 0.6) is 0 Å². The minimum Gasteiger partial charge on any atom is -0.393 e. The van der Waals surface area contributed by atoms with E-state index in [0.717, 1.165) is 52.0 Å². The summed E-state index contributed by atoms with van der Waals surface area (Å²) in [5.41, 5.74) is 3.52. The molecular formula is C10H20N2O2. The van der Waals surface area contributed by atoms with Gasteiger partial charge in [0.25, 0.3) is 0 Å². The number of rotatable bonds is 2. The van der Waals surface area contributed by atoms with E-state index in [-0.39, 0.29) is 6.10 Å². The van der Waals surface area contributed by atoms with Crippen LogP contribution in [0.15, 0.2) is 0 Å². The highest BCUT2D eigenvalue weighted by Gasteiger charge is 2.21. The first kappa shape index (κ1) is 10.4. The molecule has 82 valence electrons. The molecule has 0 unspecified atom stereocenters. The van der Waals surface area contributed by atoms with Gasteiger partial charge in [-0.1, -0.05) is 0 Å². The summed E-state index contributed by atoms with van der Waals surface area (Å²) in [4.78, 5) is 0. The normalized spacial score (nSPS) is 35.8. The van der Waals surface area contributed by atoms with Crippen molar-refractivity contribution >= 4 is 0 Å². The highest BCUT2D eigenvalue weighted by Crippen LogP contribution is 2.18. The largest absolute Gasteiger partial charge is 0.393 e. The fourth-order valence-corrected chi connectivity index (χ4v) is 2.16. The summed E-state index contributed by atoms with van der Waals surface area (Å²) in [5.74, 6) is 0. The predicted molar refractivity (Wildman–Crippen MR) is 53.8 cm³/mol. The maximum atomic E-state index is 9.37. The van der Waals surface area contributed by atoms with Gasteiger partial charge in [-0.05, 0) is 25.7 Å². The second-order valence-corrected chi connectivity index (χ2v) is 4.23. The number of hydrogen-bond acceptors (Lipinski definition) is 4. The van der Waals surface area contributed by atoms with Gasteiger partial charge in [-0.2, -0.15) is 0 Å². The number of ether oxygens (including phenoxy) is 1. The molecule has 0 aromatic carbocycles. The number of aliphatic hydroxyl groups excluding tert-OH is 1. The summed E-state index contributed by atoms with van der Waals surface area (Å²) >= 11 is 0. The van der Waals surface area contributed by atoms with Gasteiger partial charge in [-0.15, -0.1) is 0 Å². The zero-order chi connectivity index (χ0) is 9.80. The second kappa shape index (κ2) is 5.07. The van der Waals surface area contributed by atoms with Crippen LogP contribution >= 0.6 is 0 Å². The van der Waals surface area contributed by atoms with Crippen molar-refractivity contribution in [1.29, 1.82) is 0 Å². The van der Waals surface area contributed by atoms with Crippen LogP contribution < -0.4 is 5.43 Å². The molecule has 14 heavy (non-hydrogen) atoms. The summed E-state index contributed by atoms with van der Waals surface area (Å²) < 4.78 is 5.28. The van der Waals surface area contributed by atoms with Gasteiger partial charge in [0, 0.05) is 19.1 Å². The third-order valence-corrected chi connectivity index (χ3v) is 3.07. The lowest BCUT2D eigenvalue weighted by Gasteiger charge is -2.34. The molecule has 2 rings (SSSR count). The van der Waals surface area contributed by atoms with E-state index in [1.165, 1.54) is 0 Å². The zero-order valence-electron chi connectivity index (χ0n) is 8.61. The lowest BCUT2D eigenvalue weighted by atomic mass is 9.94. The minimum atomic E-state index is -0.0576. The van der Waals surface area contributed by atoms with Crippen molar-refractivity contribution < 1.29 is 9.84 Å². The summed E-state index contributed by atoms with van der Waals surface area (Å²) in [5, 5.41) is 11.6. The van der Waals surface area contributed by atoms with Gasteiger partial charge in [-0.25, -0.2) is 5.01 Å². The topological polar surface area (TPSA) is 44.7 Å². The molecule has 0 aromatic rings. The van der Waals surface area contributed by atoms with Crippen molar-refractivity contribution in [3.63, 3.8) is 0 Å². The van der Waals surface area contributed by atoms with Crippen LogP contribution in [0.4, 0.5) is 0 Å². The molecule has 4 nitrogen and oxygen atoms in total. The standard InChI is InChI=1S/C10H20N2O2/c13-10-3-1-9(2-4-10)11-12-5-7-14-8-6-12/h9-11,13H,1-8H2. The van der Waals surface area contributed by atoms with E-state index >= 15 is 0 Å². The van der Waals surface area contributed by atoms with Crippen LogP contribution in [-0.2, 0) is 4.74 Å². The molecule has 1 heterocycles. The van der Waals surface area contributed by atoms with Crippen LogP contribution in [-0.4, -0.2) is 48.6 Å². The maximum Gasteiger partial charge on any atom is 0.0608 e. The first-order chi connectivity index (χ1) is 6.84. The maximum absolute atomic E-state index is 9.37. The van der Waals surface area contributed by atoms with Crippen molar-refractivity contribution in [2.45, 2.75) is 37.8 Å². The molecule has 2 aliphatic rings. The zero-order valence-corrected chi connectivity index (χ0v) is 8.61. The van der Waals surface area contributed by atoms with Crippen molar-refractivity contribution in [1.82, 2.24) is 10.4 Å². The molecular weight excluding hydrogens is 180 g/mol. The number of aliphatic hydroxyl groups is 1. The van der Waals surface area contributed by atoms with E-state index in [2.05, 4.69) is 10.4 Å². The van der Waals surface area contributed by atoms with Crippen LogP contribution in [0, 0.1) is 0 Å². The monoisotopic (exact) mass is 200 g/mol. The fraction of sp³-hybridized carbons (Fsp3) is 1.00. The summed E-state index contributed by atoms with van der Waals surface area (Å²) in [6.45, 7) is 3.64. The molecule has 1 saturated heterocycles. The Hall–Kier alpha value is -0.160. The quantitative estimate of drug-likeness (QED) is 0.665. The predicted octanol–water partition coefficient (Wildman–Crippen LogP) is 0.127. The average Bonchev–Trinajstić information content (AvgIpc) is 2.23. The van der Waals surface area contributed by atoms with Crippen LogP contribution in [0.1, 0.15) is 25.7 Å². The highest BCUT2D eigenvalue weighted by molar-refractivity contribution is 4.76. The molecule has 1 aliphatic heterocycles. The Kier molecular flexibility index (Phi) is 3.75. The molecule has 0 atom stereocenters. The minimum absolute atomic E-state index is 0.0576. The van der Waals surface area contributed by atoms with Gasteiger partial charge in [-0.3, -0.25) is 5.43 Å². The van der Waals surface area contributed by atoms with E-state index in [1.54, 1.807) is 0 Å². The Bertz CT molecular complexity index is 164. The van der Waals surface area contributed by atoms with Gasteiger partial charge in [0.2, 0.25) is 0 Å². The second-order valence-electron chi connectivity index (χ2n) is 4.23. The van der Waals surface area contributed by atoms with E-state index in [4.69, 9.17) is 4.74 Å². The molecule has 2 N–H and O–H groups in total. The summed E-state index contributed by atoms with van der Waals surface area (Å²) in [6, 6.07) is 0.566. The SMILES string of the molecule is OC1CCC(NN2CCOCC2)CC1. The van der Waals surface area contributed by atoms with Gasteiger partial charge >= 0.3 is 0 Å². The third-order valence-electron chi connectivity index (χ3n) is 3.07. The average molecular weight is 200 g/mol. The van der Waals surface area contributed by atoms with Crippen LogP contribution in [0.25, 0.3) is 0 Å². The molecule has 1 saturated carbocycles. The molecule has 0 bridgehead atoms. The molecule has 0 spiro atoms. The van der Waals surface area contributed by atoms with Crippen LogP contribution in [0.3, 0.4) is 0 Å². The van der Waals surface area contributed by atoms with Crippen LogP contribution in [0.2, 0.25) is 0 Å².